The summed E-state index contributed by atoms with van der Waals surface area (Å²) in [5.41, 5.74) is -1.19. The summed E-state index contributed by atoms with van der Waals surface area (Å²) in [6, 6.07) is 8.32. The van der Waals surface area contributed by atoms with E-state index in [1.165, 1.54) is 14.2 Å². The Labute approximate surface area is 99.8 Å². The fourth-order valence-electron chi connectivity index (χ4n) is 1.52. The third-order valence-electron chi connectivity index (χ3n) is 2.41. The third-order valence-corrected chi connectivity index (χ3v) is 5.16. The molecule has 0 saturated carbocycles. The smallest absolute Gasteiger partial charge is 0.319 e. The summed E-state index contributed by atoms with van der Waals surface area (Å²) in [4.78, 5) is 11.1. The highest BCUT2D eigenvalue weighted by atomic mass is 31.2. The van der Waals surface area contributed by atoms with Gasteiger partial charge in [0.25, 0.3) is 0 Å². The summed E-state index contributed by atoms with van der Waals surface area (Å²) in [5.74, 6) is -1.19. The first-order valence-corrected chi connectivity index (χ1v) is 6.68. The summed E-state index contributed by atoms with van der Waals surface area (Å²) in [5, 5.41) is 9.48. The molecule has 1 aromatic rings. The monoisotopic (exact) mass is 258 g/mol. The van der Waals surface area contributed by atoms with E-state index in [2.05, 4.69) is 0 Å². The number of hydrogen-bond acceptors (Lipinski definition) is 4. The van der Waals surface area contributed by atoms with Crippen molar-refractivity contribution in [3.05, 3.63) is 30.3 Å². The fraction of sp³-hybridized carbons (Fsp3) is 0.364. The van der Waals surface area contributed by atoms with E-state index in [0.29, 0.717) is 5.30 Å². The number of carboxylic acid groups (broad SMARTS) is 1. The minimum absolute atomic E-state index is 0.157. The van der Waals surface area contributed by atoms with Crippen LogP contribution in [0.4, 0.5) is 0 Å². The molecule has 0 aliphatic heterocycles. The minimum atomic E-state index is -3.46. The molecule has 0 aliphatic rings. The molecule has 6 heteroatoms. The quantitative estimate of drug-likeness (QED) is 0.779. The van der Waals surface area contributed by atoms with Crippen molar-refractivity contribution in [2.75, 3.05) is 20.8 Å². The van der Waals surface area contributed by atoms with Crippen LogP contribution in [0, 0.1) is 0 Å². The molecule has 0 fully saturated rings. The van der Waals surface area contributed by atoms with E-state index in [-0.39, 0.29) is 6.61 Å². The Kier molecular flexibility index (Phi) is 4.87. The van der Waals surface area contributed by atoms with Gasteiger partial charge in [-0.25, -0.2) is 0 Å². The number of aliphatic carboxylic acids is 1. The van der Waals surface area contributed by atoms with Gasteiger partial charge in [0, 0.05) is 19.5 Å². The molecule has 1 N–H and O–H groups in total. The van der Waals surface area contributed by atoms with Crippen molar-refractivity contribution in [2.24, 2.45) is 0 Å². The van der Waals surface area contributed by atoms with Crippen molar-refractivity contribution in [3.63, 3.8) is 0 Å². The van der Waals surface area contributed by atoms with Crippen molar-refractivity contribution >= 4 is 18.6 Å². The van der Waals surface area contributed by atoms with Crippen LogP contribution in [0.1, 0.15) is 0 Å². The van der Waals surface area contributed by atoms with E-state index < -0.39 is 19.0 Å². The lowest BCUT2D eigenvalue weighted by Gasteiger charge is -2.22. The van der Waals surface area contributed by atoms with E-state index in [4.69, 9.17) is 14.4 Å². The van der Waals surface area contributed by atoms with Gasteiger partial charge in [0.15, 0.2) is 5.66 Å². The van der Waals surface area contributed by atoms with Crippen LogP contribution in [-0.2, 0) is 18.6 Å². The highest BCUT2D eigenvalue weighted by Crippen LogP contribution is 2.50. The van der Waals surface area contributed by atoms with Gasteiger partial charge in [-0.1, -0.05) is 18.2 Å². The lowest BCUT2D eigenvalue weighted by molar-refractivity contribution is -0.137. The van der Waals surface area contributed by atoms with Crippen molar-refractivity contribution < 1.29 is 23.7 Å². The molecule has 0 saturated heterocycles. The molecule has 1 aromatic carbocycles. The lowest BCUT2D eigenvalue weighted by atomic mass is 10.4. The van der Waals surface area contributed by atoms with Gasteiger partial charge in [0.05, 0.1) is 6.61 Å². The molecule has 1 rings (SSSR count). The molecule has 94 valence electrons. The van der Waals surface area contributed by atoms with Crippen molar-refractivity contribution in [1.29, 1.82) is 0 Å². The molecular formula is C11H15O5P. The third kappa shape index (κ3) is 2.94. The molecule has 0 aliphatic carbocycles. The van der Waals surface area contributed by atoms with Crippen LogP contribution < -0.4 is 5.30 Å². The van der Waals surface area contributed by atoms with Crippen LogP contribution >= 0.6 is 7.37 Å². The van der Waals surface area contributed by atoms with Gasteiger partial charge in [0.2, 0.25) is 7.37 Å². The van der Waals surface area contributed by atoms with Gasteiger partial charge in [-0.2, -0.15) is 0 Å². The van der Waals surface area contributed by atoms with Gasteiger partial charge >= 0.3 is 5.97 Å². The standard InChI is InChI=1S/C11H15O5P/c1-15-8-10(11(12)13)17(14,16-2)9-6-4-3-5-7-9/h3-7,10H,8H2,1-2H3,(H,12,13). The predicted molar refractivity (Wildman–Crippen MR) is 64.0 cm³/mol. The zero-order valence-electron chi connectivity index (χ0n) is 9.70. The topological polar surface area (TPSA) is 72.8 Å². The van der Waals surface area contributed by atoms with E-state index in [9.17, 15) is 9.36 Å². The first kappa shape index (κ1) is 13.9. The first-order valence-electron chi connectivity index (χ1n) is 4.99. The zero-order chi connectivity index (χ0) is 12.9. The van der Waals surface area contributed by atoms with E-state index in [0.717, 1.165) is 0 Å². The van der Waals surface area contributed by atoms with E-state index in [1.54, 1.807) is 30.3 Å². The van der Waals surface area contributed by atoms with Crippen LogP contribution in [-0.4, -0.2) is 37.6 Å². The Morgan fingerprint density at radius 3 is 2.35 bits per heavy atom. The molecule has 0 bridgehead atoms. The minimum Gasteiger partial charge on any atom is -0.481 e. The van der Waals surface area contributed by atoms with Gasteiger partial charge in [-0.3, -0.25) is 9.36 Å². The molecule has 2 unspecified atom stereocenters. The molecule has 0 aromatic heterocycles. The van der Waals surface area contributed by atoms with Crippen molar-refractivity contribution in [2.45, 2.75) is 5.66 Å². The maximum atomic E-state index is 12.6. The zero-order valence-corrected chi connectivity index (χ0v) is 10.6. The number of methoxy groups -OCH3 is 1. The SMILES string of the molecule is COCC(C(=O)O)P(=O)(OC)c1ccccc1. The van der Waals surface area contributed by atoms with Gasteiger partial charge < -0.3 is 14.4 Å². The normalized spacial score (nSPS) is 16.1. The highest BCUT2D eigenvalue weighted by molar-refractivity contribution is 7.68. The van der Waals surface area contributed by atoms with Crippen molar-refractivity contribution in [1.82, 2.24) is 0 Å². The number of benzene rings is 1. The molecule has 0 amide bonds. The van der Waals surface area contributed by atoms with Crippen LogP contribution in [0.2, 0.25) is 0 Å². The number of carbonyl (C=O) groups is 1. The molecular weight excluding hydrogens is 243 g/mol. The summed E-state index contributed by atoms with van der Waals surface area (Å²) in [6.07, 6.45) is 0. The first-order chi connectivity index (χ1) is 8.06. The lowest BCUT2D eigenvalue weighted by Crippen LogP contribution is -2.30. The van der Waals surface area contributed by atoms with Crippen LogP contribution in [0.25, 0.3) is 0 Å². The van der Waals surface area contributed by atoms with Crippen molar-refractivity contribution in [3.8, 4) is 0 Å². The largest absolute Gasteiger partial charge is 0.481 e. The number of ether oxygens (including phenoxy) is 1. The Balaban J connectivity index is 3.18. The Morgan fingerprint density at radius 2 is 1.94 bits per heavy atom. The Morgan fingerprint density at radius 1 is 1.35 bits per heavy atom. The van der Waals surface area contributed by atoms with Gasteiger partial charge in [0.1, 0.15) is 0 Å². The summed E-state index contributed by atoms with van der Waals surface area (Å²) in [6.45, 7) is -0.157. The number of carboxylic acids is 1. The van der Waals surface area contributed by atoms with E-state index >= 15 is 0 Å². The number of rotatable bonds is 6. The molecule has 0 spiro atoms. The fourth-order valence-corrected chi connectivity index (χ4v) is 3.57. The average Bonchev–Trinajstić information content (AvgIpc) is 2.35. The molecule has 17 heavy (non-hydrogen) atoms. The molecule has 0 heterocycles. The van der Waals surface area contributed by atoms with Crippen LogP contribution in [0.15, 0.2) is 30.3 Å². The van der Waals surface area contributed by atoms with E-state index in [1.807, 2.05) is 0 Å². The van der Waals surface area contributed by atoms with Crippen LogP contribution in [0.5, 0.6) is 0 Å². The second-order valence-corrected chi connectivity index (χ2v) is 6.12. The maximum Gasteiger partial charge on any atom is 0.319 e. The average molecular weight is 258 g/mol. The Bertz CT molecular complexity index is 417. The maximum absolute atomic E-state index is 12.6. The van der Waals surface area contributed by atoms with Gasteiger partial charge in [-0.05, 0) is 12.1 Å². The number of hydrogen-bond donors (Lipinski definition) is 1. The summed E-state index contributed by atoms with van der Waals surface area (Å²) < 4.78 is 22.4. The Hall–Kier alpha value is -1.16. The van der Waals surface area contributed by atoms with Crippen LogP contribution in [0.3, 0.4) is 0 Å². The molecule has 5 nitrogen and oxygen atoms in total. The summed E-state index contributed by atoms with van der Waals surface area (Å²) in [7, 11) is -0.849. The van der Waals surface area contributed by atoms with Gasteiger partial charge in [-0.15, -0.1) is 0 Å². The molecule has 0 radical (unpaired) electrons. The second-order valence-electron chi connectivity index (χ2n) is 3.42. The summed E-state index contributed by atoms with van der Waals surface area (Å²) >= 11 is 0. The second kappa shape index (κ2) is 5.96. The highest BCUT2D eigenvalue weighted by Gasteiger charge is 2.40. The molecule has 2 atom stereocenters. The predicted octanol–water partition coefficient (Wildman–Crippen LogP) is 1.34.